The van der Waals surface area contributed by atoms with Crippen molar-refractivity contribution in [3.8, 4) is 5.75 Å². The zero-order chi connectivity index (χ0) is 18.6. The Kier molecular flexibility index (Phi) is 5.59. The minimum atomic E-state index is -0.930. The molecule has 0 amide bonds. The number of carboxylic acid groups (broad SMARTS) is 1. The fraction of sp³-hybridized carbons (Fsp3) is 0.381. The average molecular weight is 355 g/mol. The fourth-order valence-electron chi connectivity index (χ4n) is 3.49. The summed E-state index contributed by atoms with van der Waals surface area (Å²) in [4.78, 5) is 13.5. The van der Waals surface area contributed by atoms with Gasteiger partial charge in [0.2, 0.25) is 0 Å². The monoisotopic (exact) mass is 355 g/mol. The van der Waals surface area contributed by atoms with Crippen molar-refractivity contribution in [2.75, 3.05) is 19.7 Å². The first kappa shape index (κ1) is 18.4. The molecule has 1 heterocycles. The molecule has 1 aliphatic rings. The van der Waals surface area contributed by atoms with Crippen LogP contribution in [0.2, 0.25) is 0 Å². The largest absolute Gasteiger partial charge is 0.491 e. The molecular weight excluding hydrogens is 330 g/mol. The summed E-state index contributed by atoms with van der Waals surface area (Å²) < 4.78 is 5.82. The third-order valence-corrected chi connectivity index (χ3v) is 4.77. The summed E-state index contributed by atoms with van der Waals surface area (Å²) in [6.07, 6.45) is 1.53. The van der Waals surface area contributed by atoms with Crippen molar-refractivity contribution in [1.82, 2.24) is 4.90 Å². The predicted octanol–water partition coefficient (Wildman–Crippen LogP) is 3.10. The maximum atomic E-state index is 11.4. The molecule has 5 heteroatoms. The second-order valence-corrected chi connectivity index (χ2v) is 7.11. The number of hydrogen-bond donors (Lipinski definition) is 2. The molecule has 0 spiro atoms. The Morgan fingerprint density at radius 2 is 2.04 bits per heavy atom. The highest BCUT2D eigenvalue weighted by Gasteiger charge is 2.34. The molecule has 1 aliphatic heterocycles. The van der Waals surface area contributed by atoms with Crippen LogP contribution in [0.5, 0.6) is 5.75 Å². The van der Waals surface area contributed by atoms with Gasteiger partial charge in [-0.3, -0.25) is 4.90 Å². The van der Waals surface area contributed by atoms with Crippen molar-refractivity contribution in [2.24, 2.45) is 0 Å². The molecule has 1 saturated heterocycles. The van der Waals surface area contributed by atoms with Gasteiger partial charge in [0.15, 0.2) is 0 Å². The van der Waals surface area contributed by atoms with Crippen molar-refractivity contribution >= 4 is 5.97 Å². The lowest BCUT2D eigenvalue weighted by atomic mass is 9.93. The maximum Gasteiger partial charge on any atom is 0.336 e. The number of aliphatic hydroxyl groups is 1. The zero-order valence-electron chi connectivity index (χ0n) is 15.0. The summed E-state index contributed by atoms with van der Waals surface area (Å²) >= 11 is 0. The normalized spacial score (nSPS) is 20.7. The van der Waals surface area contributed by atoms with E-state index < -0.39 is 11.6 Å². The van der Waals surface area contributed by atoms with E-state index in [2.05, 4.69) is 4.90 Å². The molecule has 138 valence electrons. The van der Waals surface area contributed by atoms with E-state index in [1.54, 1.807) is 12.1 Å². The zero-order valence-corrected chi connectivity index (χ0v) is 15.0. The number of aryl methyl sites for hydroxylation is 1. The van der Waals surface area contributed by atoms with Gasteiger partial charge >= 0.3 is 5.97 Å². The SMILES string of the molecule is Cc1cccc(OCC2(O)CCCN(Cc3ccccc3C(=O)O)C2)c1. The van der Waals surface area contributed by atoms with Crippen molar-refractivity contribution < 1.29 is 19.7 Å². The van der Waals surface area contributed by atoms with E-state index in [1.165, 1.54) is 0 Å². The van der Waals surface area contributed by atoms with E-state index in [-0.39, 0.29) is 6.61 Å². The Bertz CT molecular complexity index is 776. The lowest BCUT2D eigenvalue weighted by molar-refractivity contribution is -0.0621. The number of carbonyl (C=O) groups is 1. The minimum absolute atomic E-state index is 0.230. The van der Waals surface area contributed by atoms with Gasteiger partial charge in [0, 0.05) is 13.1 Å². The number of β-amino-alcohol motifs (C(OH)–C–C–N with tert-alkyl or cyclic N) is 1. The highest BCUT2D eigenvalue weighted by Crippen LogP contribution is 2.25. The van der Waals surface area contributed by atoms with Gasteiger partial charge < -0.3 is 14.9 Å². The Morgan fingerprint density at radius 3 is 2.81 bits per heavy atom. The first-order valence-corrected chi connectivity index (χ1v) is 8.91. The summed E-state index contributed by atoms with van der Waals surface area (Å²) in [5.74, 6) is -0.164. The van der Waals surface area contributed by atoms with E-state index in [1.807, 2.05) is 43.3 Å². The molecular formula is C21H25NO4. The van der Waals surface area contributed by atoms with E-state index in [4.69, 9.17) is 4.74 Å². The Hall–Kier alpha value is -2.37. The first-order valence-electron chi connectivity index (χ1n) is 8.91. The second-order valence-electron chi connectivity index (χ2n) is 7.11. The molecule has 1 fully saturated rings. The van der Waals surface area contributed by atoms with Gasteiger partial charge in [0.1, 0.15) is 18.0 Å². The molecule has 0 saturated carbocycles. The summed E-state index contributed by atoms with van der Waals surface area (Å²) in [6, 6.07) is 14.8. The number of benzene rings is 2. The molecule has 3 rings (SSSR count). The van der Waals surface area contributed by atoms with Crippen LogP contribution in [0.1, 0.15) is 34.3 Å². The van der Waals surface area contributed by atoms with Crippen molar-refractivity contribution in [3.63, 3.8) is 0 Å². The number of rotatable bonds is 6. The highest BCUT2D eigenvalue weighted by atomic mass is 16.5. The van der Waals surface area contributed by atoms with E-state index in [9.17, 15) is 15.0 Å². The summed E-state index contributed by atoms with van der Waals surface area (Å²) in [6.45, 7) is 4.04. The van der Waals surface area contributed by atoms with Crippen LogP contribution < -0.4 is 4.74 Å². The fourth-order valence-corrected chi connectivity index (χ4v) is 3.49. The molecule has 26 heavy (non-hydrogen) atoms. The van der Waals surface area contributed by atoms with Crippen LogP contribution in [0.4, 0.5) is 0 Å². The predicted molar refractivity (Wildman–Crippen MR) is 99.5 cm³/mol. The van der Waals surface area contributed by atoms with Crippen molar-refractivity contribution in [1.29, 1.82) is 0 Å². The van der Waals surface area contributed by atoms with Gasteiger partial charge in [-0.1, -0.05) is 30.3 Å². The molecule has 0 aliphatic carbocycles. The Labute approximate surface area is 153 Å². The molecule has 0 bridgehead atoms. The summed E-state index contributed by atoms with van der Waals surface area (Å²) in [7, 11) is 0. The molecule has 2 N–H and O–H groups in total. The maximum absolute atomic E-state index is 11.4. The molecule has 2 aromatic carbocycles. The van der Waals surface area contributed by atoms with E-state index >= 15 is 0 Å². The smallest absolute Gasteiger partial charge is 0.336 e. The molecule has 0 radical (unpaired) electrons. The molecule has 5 nitrogen and oxygen atoms in total. The van der Waals surface area contributed by atoms with Crippen LogP contribution >= 0.6 is 0 Å². The quantitative estimate of drug-likeness (QED) is 0.833. The van der Waals surface area contributed by atoms with Gasteiger partial charge in [-0.15, -0.1) is 0 Å². The lowest BCUT2D eigenvalue weighted by Gasteiger charge is -2.39. The standard InChI is InChI=1S/C21H25NO4/c1-16-6-4-8-18(12-16)26-15-21(25)10-5-11-22(14-21)13-17-7-2-3-9-19(17)20(23)24/h2-4,6-9,12,25H,5,10-11,13-15H2,1H3,(H,23,24). The highest BCUT2D eigenvalue weighted by molar-refractivity contribution is 5.89. The topological polar surface area (TPSA) is 70.0 Å². The number of piperidine rings is 1. The van der Waals surface area contributed by atoms with E-state index in [0.29, 0.717) is 25.1 Å². The van der Waals surface area contributed by atoms with Crippen LogP contribution in [0, 0.1) is 6.92 Å². The summed E-state index contributed by atoms with van der Waals surface area (Å²) in [5.41, 5.74) is 1.27. The van der Waals surface area contributed by atoms with Gasteiger partial charge in [0.05, 0.1) is 5.56 Å². The van der Waals surface area contributed by atoms with E-state index in [0.717, 1.165) is 29.8 Å². The third kappa shape index (κ3) is 4.62. The van der Waals surface area contributed by atoms with Crippen molar-refractivity contribution in [3.05, 3.63) is 65.2 Å². The summed E-state index contributed by atoms with van der Waals surface area (Å²) in [5, 5.41) is 20.3. The number of carboxylic acids is 1. The minimum Gasteiger partial charge on any atom is -0.491 e. The lowest BCUT2D eigenvalue weighted by Crippen LogP contribution is -2.51. The van der Waals surface area contributed by atoms with Crippen LogP contribution in [0.3, 0.4) is 0 Å². The number of hydrogen-bond acceptors (Lipinski definition) is 4. The Balaban J connectivity index is 1.64. The van der Waals surface area contributed by atoms with Crippen LogP contribution in [0.15, 0.2) is 48.5 Å². The van der Waals surface area contributed by atoms with Gasteiger partial charge in [0.25, 0.3) is 0 Å². The average Bonchev–Trinajstić information content (AvgIpc) is 2.61. The van der Waals surface area contributed by atoms with Gasteiger partial charge in [-0.05, 0) is 55.6 Å². The number of ether oxygens (including phenoxy) is 1. The third-order valence-electron chi connectivity index (χ3n) is 4.77. The number of likely N-dealkylation sites (tertiary alicyclic amines) is 1. The first-order chi connectivity index (χ1) is 12.5. The Morgan fingerprint density at radius 1 is 1.23 bits per heavy atom. The number of aromatic carboxylic acids is 1. The molecule has 1 atom stereocenters. The molecule has 0 aromatic heterocycles. The van der Waals surface area contributed by atoms with Crippen LogP contribution in [-0.4, -0.2) is 46.4 Å². The van der Waals surface area contributed by atoms with Gasteiger partial charge in [-0.2, -0.15) is 0 Å². The second kappa shape index (κ2) is 7.89. The number of nitrogens with zero attached hydrogens (tertiary/aromatic N) is 1. The van der Waals surface area contributed by atoms with Crippen LogP contribution in [0.25, 0.3) is 0 Å². The van der Waals surface area contributed by atoms with Crippen molar-refractivity contribution in [2.45, 2.75) is 31.9 Å². The molecule has 2 aromatic rings. The molecule has 1 unspecified atom stereocenters. The van der Waals surface area contributed by atoms with Crippen LogP contribution in [-0.2, 0) is 6.54 Å². The van der Waals surface area contributed by atoms with Gasteiger partial charge in [-0.25, -0.2) is 4.79 Å².